The molecular formula is C19H18F3N3O3. The molecule has 1 saturated heterocycles. The van der Waals surface area contributed by atoms with Crippen molar-refractivity contribution in [3.05, 3.63) is 58.9 Å². The number of likely N-dealkylation sites (tertiary alicyclic amines) is 1. The van der Waals surface area contributed by atoms with E-state index < -0.39 is 34.6 Å². The molecule has 0 unspecified atom stereocenters. The molecule has 0 aliphatic carbocycles. The smallest absolute Gasteiger partial charge is 0.256 e. The van der Waals surface area contributed by atoms with Crippen LogP contribution in [0.5, 0.6) is 0 Å². The third kappa shape index (κ3) is 3.79. The van der Waals surface area contributed by atoms with Gasteiger partial charge in [-0.2, -0.15) is 0 Å². The Morgan fingerprint density at radius 2 is 1.93 bits per heavy atom. The molecule has 2 aromatic rings. The van der Waals surface area contributed by atoms with Gasteiger partial charge in [0.2, 0.25) is 6.41 Å². The fourth-order valence-corrected chi connectivity index (χ4v) is 3.03. The highest BCUT2D eigenvalue weighted by Crippen LogP contribution is 2.31. The molecule has 2 aromatic carbocycles. The summed E-state index contributed by atoms with van der Waals surface area (Å²) >= 11 is 0. The topological polar surface area (TPSA) is 81.7 Å². The van der Waals surface area contributed by atoms with E-state index in [-0.39, 0.29) is 30.9 Å². The predicted molar refractivity (Wildman–Crippen MR) is 95.7 cm³/mol. The summed E-state index contributed by atoms with van der Waals surface area (Å²) in [5.74, 6) is -3.85. The Morgan fingerprint density at radius 3 is 2.57 bits per heavy atom. The maximum absolute atomic E-state index is 14.4. The standard InChI is InChI=1S/C19H18F3N3O3/c1-11-2-5-15(14(21)6-11)24-17-12(3-4-13(20)16(17)22)18(27)25-8-19(28,9-25)7-23-10-26/h2-6,10,24,28H,7-9H2,1H3,(H,23,26). The summed E-state index contributed by atoms with van der Waals surface area (Å²) in [6.45, 7) is 1.45. The predicted octanol–water partition coefficient (Wildman–Crippen LogP) is 2.09. The zero-order valence-corrected chi connectivity index (χ0v) is 14.9. The fraction of sp³-hybridized carbons (Fsp3) is 0.263. The lowest BCUT2D eigenvalue weighted by atomic mass is 9.93. The number of nitrogens with one attached hydrogen (secondary N) is 2. The number of aliphatic hydroxyl groups is 1. The average Bonchev–Trinajstić information content (AvgIpc) is 2.63. The van der Waals surface area contributed by atoms with Gasteiger partial charge in [-0.15, -0.1) is 0 Å². The summed E-state index contributed by atoms with van der Waals surface area (Å²) in [5, 5.41) is 14.9. The van der Waals surface area contributed by atoms with Crippen LogP contribution in [-0.2, 0) is 4.79 Å². The number of nitrogens with zero attached hydrogens (tertiary/aromatic N) is 1. The molecule has 1 heterocycles. The van der Waals surface area contributed by atoms with Crippen molar-refractivity contribution in [3.8, 4) is 0 Å². The highest BCUT2D eigenvalue weighted by atomic mass is 19.2. The van der Waals surface area contributed by atoms with E-state index in [1.807, 2.05) is 0 Å². The number of hydrogen-bond donors (Lipinski definition) is 3. The third-order valence-corrected chi connectivity index (χ3v) is 4.48. The Balaban J connectivity index is 1.87. The second kappa shape index (κ2) is 7.51. The molecule has 0 saturated carbocycles. The SMILES string of the molecule is Cc1ccc(Nc2c(C(=O)N3CC(O)(CNC=O)C3)ccc(F)c2F)c(F)c1. The zero-order valence-electron chi connectivity index (χ0n) is 14.9. The van der Waals surface area contributed by atoms with E-state index in [0.29, 0.717) is 12.0 Å². The van der Waals surface area contributed by atoms with E-state index in [4.69, 9.17) is 0 Å². The van der Waals surface area contributed by atoms with Gasteiger partial charge in [0, 0.05) is 6.54 Å². The number of amides is 2. The minimum Gasteiger partial charge on any atom is -0.384 e. The molecule has 0 spiro atoms. The number of hydrogen-bond acceptors (Lipinski definition) is 4. The summed E-state index contributed by atoms with van der Waals surface area (Å²) in [6, 6.07) is 6.06. The molecule has 28 heavy (non-hydrogen) atoms. The van der Waals surface area contributed by atoms with Gasteiger partial charge >= 0.3 is 0 Å². The summed E-state index contributed by atoms with van der Waals surface area (Å²) in [4.78, 5) is 24.3. The van der Waals surface area contributed by atoms with E-state index in [2.05, 4.69) is 10.6 Å². The van der Waals surface area contributed by atoms with Gasteiger partial charge in [0.25, 0.3) is 5.91 Å². The van der Waals surface area contributed by atoms with Crippen LogP contribution in [0.25, 0.3) is 0 Å². The summed E-state index contributed by atoms with van der Waals surface area (Å²) < 4.78 is 42.2. The number of halogens is 3. The van der Waals surface area contributed by atoms with Crippen molar-refractivity contribution in [1.29, 1.82) is 0 Å². The van der Waals surface area contributed by atoms with Crippen LogP contribution in [-0.4, -0.2) is 47.6 Å². The van der Waals surface area contributed by atoms with Crippen LogP contribution in [0.2, 0.25) is 0 Å². The zero-order chi connectivity index (χ0) is 20.5. The normalized spacial score (nSPS) is 15.0. The maximum atomic E-state index is 14.4. The Bertz CT molecular complexity index is 930. The number of aryl methyl sites for hydroxylation is 1. The number of rotatable bonds is 6. The first kappa shape index (κ1) is 19.7. The van der Waals surface area contributed by atoms with Crippen molar-refractivity contribution in [1.82, 2.24) is 10.2 Å². The Morgan fingerprint density at radius 1 is 1.21 bits per heavy atom. The number of benzene rings is 2. The van der Waals surface area contributed by atoms with Crippen LogP contribution in [0.1, 0.15) is 15.9 Å². The first-order chi connectivity index (χ1) is 13.2. The quantitative estimate of drug-likeness (QED) is 0.657. The molecule has 0 atom stereocenters. The molecule has 0 aromatic heterocycles. The van der Waals surface area contributed by atoms with Gasteiger partial charge in [-0.3, -0.25) is 9.59 Å². The summed E-state index contributed by atoms with van der Waals surface area (Å²) in [6.07, 6.45) is 0.427. The van der Waals surface area contributed by atoms with E-state index in [1.54, 1.807) is 13.0 Å². The highest BCUT2D eigenvalue weighted by Gasteiger charge is 2.44. The molecule has 148 valence electrons. The number of carbonyl (C=O) groups excluding carboxylic acids is 2. The molecule has 2 amide bonds. The van der Waals surface area contributed by atoms with Crippen LogP contribution in [0.15, 0.2) is 30.3 Å². The summed E-state index contributed by atoms with van der Waals surface area (Å²) in [5.41, 5.74) is -1.45. The second-order valence-electron chi connectivity index (χ2n) is 6.78. The van der Waals surface area contributed by atoms with Crippen molar-refractivity contribution in [2.75, 3.05) is 25.0 Å². The molecule has 0 radical (unpaired) electrons. The molecule has 1 aliphatic rings. The molecule has 3 N–H and O–H groups in total. The van der Waals surface area contributed by atoms with E-state index in [1.165, 1.54) is 17.0 Å². The van der Waals surface area contributed by atoms with Gasteiger partial charge in [-0.1, -0.05) is 6.07 Å². The lowest BCUT2D eigenvalue weighted by Gasteiger charge is -2.46. The van der Waals surface area contributed by atoms with E-state index in [0.717, 1.165) is 12.1 Å². The van der Waals surface area contributed by atoms with Gasteiger partial charge in [-0.05, 0) is 36.8 Å². The first-order valence-electron chi connectivity index (χ1n) is 8.44. The van der Waals surface area contributed by atoms with Crippen LogP contribution in [0.3, 0.4) is 0 Å². The number of carbonyl (C=O) groups is 2. The van der Waals surface area contributed by atoms with E-state index >= 15 is 0 Å². The number of anilines is 2. The minimum atomic E-state index is -1.32. The molecular weight excluding hydrogens is 375 g/mol. The fourth-order valence-electron chi connectivity index (χ4n) is 3.03. The van der Waals surface area contributed by atoms with Gasteiger partial charge in [0.1, 0.15) is 11.4 Å². The molecule has 9 heteroatoms. The Labute approximate surface area is 159 Å². The molecule has 0 bridgehead atoms. The van der Waals surface area contributed by atoms with Crippen molar-refractivity contribution in [2.45, 2.75) is 12.5 Å². The molecule has 6 nitrogen and oxygen atoms in total. The van der Waals surface area contributed by atoms with Crippen molar-refractivity contribution < 1.29 is 27.9 Å². The Kier molecular flexibility index (Phi) is 5.28. The lowest BCUT2D eigenvalue weighted by Crippen LogP contribution is -2.67. The molecule has 1 fully saturated rings. The first-order valence-corrected chi connectivity index (χ1v) is 8.44. The maximum Gasteiger partial charge on any atom is 0.256 e. The van der Waals surface area contributed by atoms with E-state index in [9.17, 15) is 27.9 Å². The highest BCUT2D eigenvalue weighted by molar-refractivity contribution is 6.01. The van der Waals surface area contributed by atoms with Crippen LogP contribution in [0.4, 0.5) is 24.5 Å². The van der Waals surface area contributed by atoms with Gasteiger partial charge < -0.3 is 20.6 Å². The third-order valence-electron chi connectivity index (χ3n) is 4.48. The average molecular weight is 393 g/mol. The van der Waals surface area contributed by atoms with Crippen LogP contribution in [0, 0.1) is 24.4 Å². The lowest BCUT2D eigenvalue weighted by molar-refractivity contribution is -0.114. The largest absolute Gasteiger partial charge is 0.384 e. The van der Waals surface area contributed by atoms with Crippen molar-refractivity contribution in [3.63, 3.8) is 0 Å². The van der Waals surface area contributed by atoms with Crippen molar-refractivity contribution in [2.24, 2.45) is 0 Å². The molecule has 3 rings (SSSR count). The van der Waals surface area contributed by atoms with Gasteiger partial charge in [0.15, 0.2) is 11.6 Å². The van der Waals surface area contributed by atoms with Crippen LogP contribution < -0.4 is 10.6 Å². The second-order valence-corrected chi connectivity index (χ2v) is 6.78. The Hall–Kier alpha value is -3.07. The number of β-amino-alcohol motifs (C(OH)–C–C–N with tert-alkyl or cyclic N) is 1. The minimum absolute atomic E-state index is 0.0439. The van der Waals surface area contributed by atoms with Crippen LogP contribution >= 0.6 is 0 Å². The van der Waals surface area contributed by atoms with Gasteiger partial charge in [-0.25, -0.2) is 13.2 Å². The monoisotopic (exact) mass is 393 g/mol. The van der Waals surface area contributed by atoms with Gasteiger partial charge in [0.05, 0.1) is 30.0 Å². The van der Waals surface area contributed by atoms with Crippen molar-refractivity contribution >= 4 is 23.7 Å². The molecule has 1 aliphatic heterocycles. The summed E-state index contributed by atoms with van der Waals surface area (Å²) in [7, 11) is 0.